The third-order valence-electron chi connectivity index (χ3n) is 6.80. The first-order chi connectivity index (χ1) is 18.1. The standard InChI is InChI=1S/C31H35BrN2O2S/c32-27-16-10-15-26(19-27)21-34(30(35)23-37-22-25-13-6-2-7-14-25)29(20-24-11-4-1-5-12-24)31(36)33-28-17-8-3-9-18-28/h1-2,4-7,10-16,19,28-29H,3,8-9,17-18,20-23H2,(H,33,36). The van der Waals surface area contributed by atoms with Crippen molar-refractivity contribution >= 4 is 39.5 Å². The largest absolute Gasteiger partial charge is 0.352 e. The summed E-state index contributed by atoms with van der Waals surface area (Å²) < 4.78 is 0.960. The quantitative estimate of drug-likeness (QED) is 0.273. The number of thioether (sulfide) groups is 1. The van der Waals surface area contributed by atoms with Crippen LogP contribution in [-0.2, 0) is 28.3 Å². The Hall–Kier alpha value is -2.57. The van der Waals surface area contributed by atoms with Crippen molar-refractivity contribution in [2.24, 2.45) is 0 Å². The van der Waals surface area contributed by atoms with E-state index in [-0.39, 0.29) is 17.9 Å². The molecule has 1 N–H and O–H groups in total. The van der Waals surface area contributed by atoms with Crippen LogP contribution in [-0.4, -0.2) is 34.6 Å². The topological polar surface area (TPSA) is 49.4 Å². The second kappa shape index (κ2) is 14.4. The van der Waals surface area contributed by atoms with Gasteiger partial charge in [0, 0.05) is 29.2 Å². The fourth-order valence-corrected chi connectivity index (χ4v) is 6.16. The SMILES string of the molecule is O=C(NC1CCCCC1)C(Cc1ccccc1)N(Cc1cccc(Br)c1)C(=O)CSCc1ccccc1. The van der Waals surface area contributed by atoms with E-state index < -0.39 is 6.04 Å². The number of rotatable bonds is 11. The van der Waals surface area contributed by atoms with Crippen molar-refractivity contribution in [1.29, 1.82) is 0 Å². The number of hydrogen-bond donors (Lipinski definition) is 1. The Balaban J connectivity index is 1.56. The van der Waals surface area contributed by atoms with Crippen molar-refractivity contribution < 1.29 is 9.59 Å². The fraction of sp³-hybridized carbons (Fsp3) is 0.355. The first-order valence-electron chi connectivity index (χ1n) is 13.1. The van der Waals surface area contributed by atoms with E-state index in [1.165, 1.54) is 12.0 Å². The fourth-order valence-electron chi connectivity index (χ4n) is 4.84. The molecule has 194 valence electrons. The van der Waals surface area contributed by atoms with Gasteiger partial charge in [0.25, 0.3) is 0 Å². The van der Waals surface area contributed by atoms with Crippen LogP contribution in [0.4, 0.5) is 0 Å². The number of carbonyl (C=O) groups excluding carboxylic acids is 2. The molecule has 0 spiro atoms. The molecule has 2 amide bonds. The molecule has 1 saturated carbocycles. The molecular weight excluding hydrogens is 544 g/mol. The molecule has 3 aromatic carbocycles. The Morgan fingerprint density at radius 1 is 0.865 bits per heavy atom. The predicted molar refractivity (Wildman–Crippen MR) is 156 cm³/mol. The van der Waals surface area contributed by atoms with E-state index >= 15 is 0 Å². The maximum absolute atomic E-state index is 13.8. The highest BCUT2D eigenvalue weighted by molar-refractivity contribution is 9.10. The Labute approximate surface area is 233 Å². The summed E-state index contributed by atoms with van der Waals surface area (Å²) in [7, 11) is 0. The molecule has 0 saturated heterocycles. The first kappa shape index (κ1) is 27.5. The van der Waals surface area contributed by atoms with Gasteiger partial charge in [-0.05, 0) is 41.7 Å². The van der Waals surface area contributed by atoms with Crippen LogP contribution in [0.3, 0.4) is 0 Å². The van der Waals surface area contributed by atoms with Gasteiger partial charge in [0.15, 0.2) is 0 Å². The molecule has 1 fully saturated rings. The molecule has 1 unspecified atom stereocenters. The molecule has 1 aliphatic rings. The molecule has 0 bridgehead atoms. The number of carbonyl (C=O) groups is 2. The van der Waals surface area contributed by atoms with Crippen LogP contribution >= 0.6 is 27.7 Å². The summed E-state index contributed by atoms with van der Waals surface area (Å²) >= 11 is 5.15. The van der Waals surface area contributed by atoms with Crippen molar-refractivity contribution in [2.75, 3.05) is 5.75 Å². The highest BCUT2D eigenvalue weighted by Crippen LogP contribution is 2.22. The lowest BCUT2D eigenvalue weighted by molar-refractivity contribution is -0.139. The predicted octanol–water partition coefficient (Wildman–Crippen LogP) is 6.77. The minimum atomic E-state index is -0.576. The van der Waals surface area contributed by atoms with Gasteiger partial charge in [-0.25, -0.2) is 0 Å². The normalized spacial score (nSPS) is 14.6. The van der Waals surface area contributed by atoms with Gasteiger partial charge in [-0.3, -0.25) is 9.59 Å². The molecule has 1 aliphatic carbocycles. The van der Waals surface area contributed by atoms with Crippen LogP contribution in [0, 0.1) is 0 Å². The molecule has 3 aromatic rings. The number of benzene rings is 3. The lowest BCUT2D eigenvalue weighted by atomic mass is 9.94. The summed E-state index contributed by atoms with van der Waals surface area (Å²) in [5.41, 5.74) is 3.24. The number of hydrogen-bond acceptors (Lipinski definition) is 3. The molecule has 6 heteroatoms. The Bertz CT molecular complexity index is 1140. The minimum absolute atomic E-state index is 0.0133. The number of amides is 2. The lowest BCUT2D eigenvalue weighted by Crippen LogP contribution is -2.53. The summed E-state index contributed by atoms with van der Waals surface area (Å²) in [6.45, 7) is 0.389. The van der Waals surface area contributed by atoms with Crippen molar-refractivity contribution in [1.82, 2.24) is 10.2 Å². The zero-order chi connectivity index (χ0) is 25.9. The Morgan fingerprint density at radius 3 is 2.19 bits per heavy atom. The van der Waals surface area contributed by atoms with Gasteiger partial charge in [0.1, 0.15) is 6.04 Å². The van der Waals surface area contributed by atoms with Crippen LogP contribution < -0.4 is 5.32 Å². The third-order valence-corrected chi connectivity index (χ3v) is 8.28. The van der Waals surface area contributed by atoms with Gasteiger partial charge < -0.3 is 10.2 Å². The smallest absolute Gasteiger partial charge is 0.243 e. The van der Waals surface area contributed by atoms with Gasteiger partial charge in [-0.2, -0.15) is 0 Å². The highest BCUT2D eigenvalue weighted by atomic mass is 79.9. The summed E-state index contributed by atoms with van der Waals surface area (Å²) in [5.74, 6) is 1.02. The van der Waals surface area contributed by atoms with E-state index in [9.17, 15) is 9.59 Å². The number of nitrogens with zero attached hydrogens (tertiary/aromatic N) is 1. The van der Waals surface area contributed by atoms with Crippen LogP contribution in [0.5, 0.6) is 0 Å². The molecule has 0 heterocycles. The monoisotopic (exact) mass is 578 g/mol. The summed E-state index contributed by atoms with van der Waals surface area (Å²) in [4.78, 5) is 29.4. The molecule has 37 heavy (non-hydrogen) atoms. The van der Waals surface area contributed by atoms with Gasteiger partial charge in [0.2, 0.25) is 11.8 Å². The summed E-state index contributed by atoms with van der Waals surface area (Å²) in [6, 6.07) is 27.8. The van der Waals surface area contributed by atoms with Crippen LogP contribution in [0.15, 0.2) is 89.4 Å². The van der Waals surface area contributed by atoms with Gasteiger partial charge >= 0.3 is 0 Å². The zero-order valence-corrected chi connectivity index (χ0v) is 23.6. The number of halogens is 1. The van der Waals surface area contributed by atoms with E-state index in [4.69, 9.17) is 0 Å². The molecule has 0 radical (unpaired) electrons. The van der Waals surface area contributed by atoms with E-state index in [1.807, 2.05) is 72.8 Å². The average Bonchev–Trinajstić information content (AvgIpc) is 2.92. The van der Waals surface area contributed by atoms with Crippen molar-refractivity contribution in [3.63, 3.8) is 0 Å². The van der Waals surface area contributed by atoms with Crippen molar-refractivity contribution in [2.45, 2.75) is 62.9 Å². The van der Waals surface area contributed by atoms with E-state index in [2.05, 4.69) is 33.4 Å². The van der Waals surface area contributed by atoms with Crippen molar-refractivity contribution in [3.05, 3.63) is 106 Å². The molecule has 0 aliphatic heterocycles. The van der Waals surface area contributed by atoms with Gasteiger partial charge in [0.05, 0.1) is 5.75 Å². The second-order valence-corrected chi connectivity index (χ2v) is 11.6. The number of nitrogens with one attached hydrogen (secondary N) is 1. The average molecular weight is 580 g/mol. The second-order valence-electron chi connectivity index (χ2n) is 9.68. The Kier molecular flexibility index (Phi) is 10.7. The minimum Gasteiger partial charge on any atom is -0.352 e. The lowest BCUT2D eigenvalue weighted by Gasteiger charge is -2.33. The summed E-state index contributed by atoms with van der Waals surface area (Å²) in [6.07, 6.45) is 6.03. The van der Waals surface area contributed by atoms with Crippen molar-refractivity contribution in [3.8, 4) is 0 Å². The molecule has 4 nitrogen and oxygen atoms in total. The van der Waals surface area contributed by atoms with E-state index in [0.29, 0.717) is 18.7 Å². The molecule has 1 atom stereocenters. The third kappa shape index (κ3) is 8.75. The molecule has 0 aromatic heterocycles. The maximum Gasteiger partial charge on any atom is 0.243 e. The highest BCUT2D eigenvalue weighted by Gasteiger charge is 2.31. The van der Waals surface area contributed by atoms with Gasteiger partial charge in [-0.15, -0.1) is 11.8 Å². The maximum atomic E-state index is 13.8. The molecular formula is C31H35BrN2O2S. The Morgan fingerprint density at radius 2 is 1.51 bits per heavy atom. The van der Waals surface area contributed by atoms with Crippen LogP contribution in [0.25, 0.3) is 0 Å². The summed E-state index contributed by atoms with van der Waals surface area (Å²) in [5, 5.41) is 3.30. The first-order valence-corrected chi connectivity index (χ1v) is 15.0. The molecule has 4 rings (SSSR count). The van der Waals surface area contributed by atoms with Crippen LogP contribution in [0.2, 0.25) is 0 Å². The van der Waals surface area contributed by atoms with E-state index in [0.717, 1.165) is 47.0 Å². The van der Waals surface area contributed by atoms with Gasteiger partial charge in [-0.1, -0.05) is 108 Å². The van der Waals surface area contributed by atoms with Crippen LogP contribution in [0.1, 0.15) is 48.8 Å². The zero-order valence-electron chi connectivity index (χ0n) is 21.2. The van der Waals surface area contributed by atoms with E-state index in [1.54, 1.807) is 16.7 Å².